The minimum Gasteiger partial charge on any atom is -0.361 e. The van der Waals surface area contributed by atoms with Crippen molar-refractivity contribution >= 4 is 15.9 Å². The third kappa shape index (κ3) is 4.33. The highest BCUT2D eigenvalue weighted by molar-refractivity contribution is 9.10. The summed E-state index contributed by atoms with van der Waals surface area (Å²) < 4.78 is 26.1. The van der Waals surface area contributed by atoms with E-state index in [0.29, 0.717) is 22.9 Å². The van der Waals surface area contributed by atoms with E-state index in [1.54, 1.807) is 12.3 Å². The van der Waals surface area contributed by atoms with Crippen molar-refractivity contribution in [2.75, 3.05) is 0 Å². The molecule has 0 spiro atoms. The normalized spacial score (nSPS) is 11.2. The number of nitrogens with zero attached hydrogens (tertiary/aromatic N) is 1. The van der Waals surface area contributed by atoms with Crippen molar-refractivity contribution < 1.29 is 8.78 Å². The average molecular weight is 433 g/mol. The Bertz CT molecular complexity index is 1010. The van der Waals surface area contributed by atoms with Gasteiger partial charge >= 0.3 is 0 Å². The number of halogens is 3. The molecular formula is C21H19BrF2N2O. The largest absolute Gasteiger partial charge is 0.361 e. The summed E-state index contributed by atoms with van der Waals surface area (Å²) in [6.07, 6.45) is 0.491. The summed E-state index contributed by atoms with van der Waals surface area (Å²) in [6, 6.07) is 10.2. The number of aromatic nitrogens is 2. The molecule has 0 amide bonds. The van der Waals surface area contributed by atoms with E-state index < -0.39 is 6.43 Å². The zero-order chi connectivity index (χ0) is 19.6. The van der Waals surface area contributed by atoms with Gasteiger partial charge in [-0.25, -0.2) is 8.78 Å². The molecule has 1 aromatic carbocycles. The van der Waals surface area contributed by atoms with Gasteiger partial charge in [0, 0.05) is 34.4 Å². The summed E-state index contributed by atoms with van der Waals surface area (Å²) in [5.74, 6) is 0. The van der Waals surface area contributed by atoms with Gasteiger partial charge in [0.25, 0.3) is 6.43 Å². The summed E-state index contributed by atoms with van der Waals surface area (Å²) >= 11 is 3.32. The van der Waals surface area contributed by atoms with E-state index in [1.807, 2.05) is 32.0 Å². The molecule has 0 aliphatic heterocycles. The molecule has 3 aromatic rings. The van der Waals surface area contributed by atoms with Gasteiger partial charge in [0.1, 0.15) is 0 Å². The predicted molar refractivity (Wildman–Crippen MR) is 106 cm³/mol. The molecule has 0 fully saturated rings. The SMILES string of the molecule is Cc1[nH]c(C)c(-c2ccc(CCc3cccc(C(F)F)c3)nc2)c(=O)c1Br. The second kappa shape index (κ2) is 8.13. The molecule has 3 rings (SSSR count). The van der Waals surface area contributed by atoms with Crippen molar-refractivity contribution in [2.45, 2.75) is 33.1 Å². The summed E-state index contributed by atoms with van der Waals surface area (Å²) in [6.45, 7) is 3.70. The van der Waals surface area contributed by atoms with Crippen LogP contribution in [-0.2, 0) is 12.8 Å². The quantitative estimate of drug-likeness (QED) is 0.575. The number of alkyl halides is 2. The van der Waals surface area contributed by atoms with Crippen LogP contribution in [0, 0.1) is 13.8 Å². The maximum Gasteiger partial charge on any atom is 0.263 e. The monoisotopic (exact) mass is 432 g/mol. The smallest absolute Gasteiger partial charge is 0.263 e. The fourth-order valence-electron chi connectivity index (χ4n) is 3.07. The highest BCUT2D eigenvalue weighted by Gasteiger charge is 2.13. The van der Waals surface area contributed by atoms with Crippen molar-refractivity contribution in [3.8, 4) is 11.1 Å². The van der Waals surface area contributed by atoms with Crippen molar-refractivity contribution in [1.82, 2.24) is 9.97 Å². The van der Waals surface area contributed by atoms with Crippen LogP contribution in [0.2, 0.25) is 0 Å². The lowest BCUT2D eigenvalue weighted by Crippen LogP contribution is -2.12. The van der Waals surface area contributed by atoms with Crippen molar-refractivity contribution in [2.24, 2.45) is 0 Å². The standard InChI is InChI=1S/C21H19BrF2N2O/c1-12-18(20(27)19(22)13(2)26-12)16-7-9-17(25-11-16)8-6-14-4-3-5-15(10-14)21(23)24/h3-5,7,9-11,21H,6,8H2,1-2H3,(H,26,27). The maximum absolute atomic E-state index is 12.8. The van der Waals surface area contributed by atoms with E-state index in [0.717, 1.165) is 28.2 Å². The topological polar surface area (TPSA) is 45.8 Å². The van der Waals surface area contributed by atoms with Gasteiger partial charge in [0.2, 0.25) is 5.43 Å². The molecule has 0 aliphatic rings. The van der Waals surface area contributed by atoms with Gasteiger partial charge in [-0.2, -0.15) is 0 Å². The number of aromatic amines is 1. The minimum atomic E-state index is -2.46. The Morgan fingerprint density at radius 2 is 1.89 bits per heavy atom. The second-order valence-corrected chi connectivity index (χ2v) is 7.27. The fraction of sp³-hybridized carbons (Fsp3) is 0.238. The molecule has 0 aliphatic carbocycles. The van der Waals surface area contributed by atoms with Crippen LogP contribution >= 0.6 is 15.9 Å². The Labute approximate surface area is 164 Å². The Balaban J connectivity index is 1.78. The van der Waals surface area contributed by atoms with E-state index in [2.05, 4.69) is 25.9 Å². The van der Waals surface area contributed by atoms with Gasteiger partial charge in [-0.3, -0.25) is 9.78 Å². The number of aryl methyl sites for hydroxylation is 4. The molecule has 27 heavy (non-hydrogen) atoms. The molecule has 2 heterocycles. The minimum absolute atomic E-state index is 0.0375. The summed E-state index contributed by atoms with van der Waals surface area (Å²) in [4.78, 5) is 20.2. The van der Waals surface area contributed by atoms with Gasteiger partial charge in [-0.15, -0.1) is 0 Å². The number of pyridine rings is 2. The lowest BCUT2D eigenvalue weighted by atomic mass is 10.0. The first-order valence-corrected chi connectivity index (χ1v) is 9.37. The van der Waals surface area contributed by atoms with Crippen LogP contribution in [-0.4, -0.2) is 9.97 Å². The molecule has 2 aromatic heterocycles. The second-order valence-electron chi connectivity index (χ2n) is 6.48. The summed E-state index contributed by atoms with van der Waals surface area (Å²) in [5.41, 5.74) is 4.59. The lowest BCUT2D eigenvalue weighted by molar-refractivity contribution is 0.151. The first-order chi connectivity index (χ1) is 12.9. The third-order valence-corrected chi connectivity index (χ3v) is 5.45. The van der Waals surface area contributed by atoms with Crippen molar-refractivity contribution in [3.63, 3.8) is 0 Å². The highest BCUT2D eigenvalue weighted by atomic mass is 79.9. The van der Waals surface area contributed by atoms with Gasteiger partial charge in [0.05, 0.1) is 10.0 Å². The van der Waals surface area contributed by atoms with Crippen LogP contribution in [0.25, 0.3) is 11.1 Å². The molecule has 0 radical (unpaired) electrons. The zero-order valence-electron chi connectivity index (χ0n) is 15.0. The number of hydrogen-bond acceptors (Lipinski definition) is 2. The van der Waals surface area contributed by atoms with E-state index in [4.69, 9.17) is 0 Å². The third-order valence-electron chi connectivity index (χ3n) is 4.49. The molecule has 1 N–H and O–H groups in total. The number of H-pyrrole nitrogens is 1. The van der Waals surface area contributed by atoms with Crippen LogP contribution in [0.3, 0.4) is 0 Å². The van der Waals surface area contributed by atoms with Gasteiger partial charge in [-0.1, -0.05) is 30.3 Å². The highest BCUT2D eigenvalue weighted by Crippen LogP contribution is 2.23. The molecular weight excluding hydrogens is 414 g/mol. The van der Waals surface area contributed by atoms with E-state index in [-0.39, 0.29) is 11.0 Å². The number of nitrogens with one attached hydrogen (secondary N) is 1. The van der Waals surface area contributed by atoms with Gasteiger partial charge in [-0.05, 0) is 54.2 Å². The molecule has 6 heteroatoms. The molecule has 0 atom stereocenters. The molecule has 0 saturated carbocycles. The van der Waals surface area contributed by atoms with E-state index in [9.17, 15) is 13.6 Å². The van der Waals surface area contributed by atoms with E-state index >= 15 is 0 Å². The fourth-order valence-corrected chi connectivity index (χ4v) is 3.37. The Hall–Kier alpha value is -2.34. The van der Waals surface area contributed by atoms with E-state index in [1.165, 1.54) is 12.1 Å². The van der Waals surface area contributed by atoms with Crippen molar-refractivity contribution in [1.29, 1.82) is 0 Å². The first-order valence-electron chi connectivity index (χ1n) is 8.58. The first kappa shape index (κ1) is 19.4. The van der Waals surface area contributed by atoms with Crippen molar-refractivity contribution in [3.05, 3.63) is 85.5 Å². The molecule has 0 bridgehead atoms. The number of rotatable bonds is 5. The maximum atomic E-state index is 12.8. The average Bonchev–Trinajstić information content (AvgIpc) is 2.66. The molecule has 140 valence electrons. The summed E-state index contributed by atoms with van der Waals surface area (Å²) in [5, 5.41) is 0. The Kier molecular flexibility index (Phi) is 5.85. The molecule has 0 unspecified atom stereocenters. The Morgan fingerprint density at radius 1 is 1.11 bits per heavy atom. The zero-order valence-corrected chi connectivity index (χ0v) is 16.6. The van der Waals surface area contributed by atoms with Gasteiger partial charge < -0.3 is 4.98 Å². The molecule has 0 saturated heterocycles. The van der Waals surface area contributed by atoms with Crippen LogP contribution in [0.1, 0.15) is 34.6 Å². The Morgan fingerprint density at radius 3 is 2.56 bits per heavy atom. The molecule has 3 nitrogen and oxygen atoms in total. The van der Waals surface area contributed by atoms with Crippen LogP contribution in [0.5, 0.6) is 0 Å². The number of benzene rings is 1. The summed E-state index contributed by atoms with van der Waals surface area (Å²) in [7, 11) is 0. The van der Waals surface area contributed by atoms with Gasteiger partial charge in [0.15, 0.2) is 0 Å². The van der Waals surface area contributed by atoms with Crippen LogP contribution in [0.15, 0.2) is 51.9 Å². The lowest BCUT2D eigenvalue weighted by Gasteiger charge is -2.09. The predicted octanol–water partition coefficient (Wildman–Crippen LogP) is 5.54. The number of hydrogen-bond donors (Lipinski definition) is 1. The van der Waals surface area contributed by atoms with Crippen LogP contribution in [0.4, 0.5) is 8.78 Å². The van der Waals surface area contributed by atoms with Crippen LogP contribution < -0.4 is 5.43 Å².